The van der Waals surface area contributed by atoms with Gasteiger partial charge in [0.25, 0.3) is 0 Å². The van der Waals surface area contributed by atoms with E-state index in [1.165, 1.54) is 12.1 Å². The molecule has 0 spiro atoms. The minimum Gasteiger partial charge on any atom is -0.383 e. The van der Waals surface area contributed by atoms with E-state index in [1.807, 2.05) is 0 Å². The van der Waals surface area contributed by atoms with Crippen molar-refractivity contribution in [3.05, 3.63) is 68.7 Å². The van der Waals surface area contributed by atoms with Crippen LogP contribution in [0, 0.1) is 11.6 Å². The highest BCUT2D eigenvalue weighted by Gasteiger charge is 2.21. The van der Waals surface area contributed by atoms with Gasteiger partial charge in [-0.15, -0.1) is 0 Å². The van der Waals surface area contributed by atoms with E-state index in [9.17, 15) is 13.9 Å². The van der Waals surface area contributed by atoms with Crippen molar-refractivity contribution in [2.75, 3.05) is 0 Å². The number of rotatable bonds is 2. The fourth-order valence-electron chi connectivity index (χ4n) is 1.65. The summed E-state index contributed by atoms with van der Waals surface area (Å²) in [5.74, 6) is -1.61. The first kappa shape index (κ1) is 13.5. The zero-order chi connectivity index (χ0) is 13.3. The zero-order valence-electron chi connectivity index (χ0n) is 9.00. The molecule has 0 heterocycles. The van der Waals surface area contributed by atoms with E-state index in [1.54, 1.807) is 12.1 Å². The molecule has 0 bridgehead atoms. The van der Waals surface area contributed by atoms with Crippen molar-refractivity contribution in [3.8, 4) is 0 Å². The summed E-state index contributed by atoms with van der Waals surface area (Å²) < 4.78 is 27.8. The van der Waals surface area contributed by atoms with Crippen molar-refractivity contribution in [2.24, 2.45) is 0 Å². The molecule has 5 heteroatoms. The van der Waals surface area contributed by atoms with E-state index in [0.717, 1.165) is 16.6 Å². The molecule has 0 aromatic heterocycles. The third-order valence-corrected chi connectivity index (χ3v) is 3.35. The predicted octanol–water partition coefficient (Wildman–Crippen LogP) is 4.46. The van der Waals surface area contributed by atoms with Gasteiger partial charge in [0, 0.05) is 15.1 Å². The van der Waals surface area contributed by atoms with E-state index in [-0.39, 0.29) is 10.6 Å². The van der Waals surface area contributed by atoms with Crippen molar-refractivity contribution in [3.63, 3.8) is 0 Å². The molecular formula is C13H8BrClF2O. The van der Waals surface area contributed by atoms with Crippen LogP contribution in [0.3, 0.4) is 0 Å². The van der Waals surface area contributed by atoms with Crippen molar-refractivity contribution in [2.45, 2.75) is 6.10 Å². The predicted molar refractivity (Wildman–Crippen MR) is 69.6 cm³/mol. The van der Waals surface area contributed by atoms with Gasteiger partial charge in [0.2, 0.25) is 0 Å². The number of aliphatic hydroxyl groups excluding tert-OH is 1. The lowest BCUT2D eigenvalue weighted by Crippen LogP contribution is -2.06. The molecule has 0 amide bonds. The summed E-state index contributed by atoms with van der Waals surface area (Å²) in [5, 5.41) is 10.3. The maximum Gasteiger partial charge on any atom is 0.132 e. The smallest absolute Gasteiger partial charge is 0.132 e. The van der Waals surface area contributed by atoms with Gasteiger partial charge in [-0.3, -0.25) is 0 Å². The Morgan fingerprint density at radius 1 is 1.11 bits per heavy atom. The van der Waals surface area contributed by atoms with Crippen LogP contribution in [-0.2, 0) is 0 Å². The summed E-state index contributed by atoms with van der Waals surface area (Å²) in [4.78, 5) is 0. The Labute approximate surface area is 116 Å². The second-order valence-electron chi connectivity index (χ2n) is 3.70. The Morgan fingerprint density at radius 3 is 2.28 bits per heavy atom. The molecule has 1 atom stereocenters. The summed E-state index contributed by atoms with van der Waals surface area (Å²) in [5.41, 5.74) is -0.148. The Hall–Kier alpha value is -0.970. The molecule has 0 aliphatic heterocycles. The topological polar surface area (TPSA) is 20.2 Å². The molecule has 2 aromatic rings. The van der Waals surface area contributed by atoms with Crippen LogP contribution in [0.5, 0.6) is 0 Å². The minimum absolute atomic E-state index is 0.236. The van der Waals surface area contributed by atoms with Crippen LogP contribution in [0.4, 0.5) is 8.78 Å². The van der Waals surface area contributed by atoms with Crippen molar-refractivity contribution in [1.82, 2.24) is 0 Å². The minimum atomic E-state index is -1.44. The highest BCUT2D eigenvalue weighted by atomic mass is 79.9. The Morgan fingerprint density at radius 2 is 1.72 bits per heavy atom. The van der Waals surface area contributed by atoms with Crippen LogP contribution in [0.1, 0.15) is 17.2 Å². The van der Waals surface area contributed by atoms with Gasteiger partial charge in [-0.25, -0.2) is 8.78 Å². The molecule has 18 heavy (non-hydrogen) atoms. The number of halogens is 4. The van der Waals surface area contributed by atoms with Gasteiger partial charge in [-0.1, -0.05) is 39.7 Å². The van der Waals surface area contributed by atoms with Gasteiger partial charge in [0.1, 0.15) is 17.7 Å². The number of benzene rings is 2. The molecule has 0 aliphatic carbocycles. The highest BCUT2D eigenvalue weighted by molar-refractivity contribution is 9.10. The van der Waals surface area contributed by atoms with Gasteiger partial charge < -0.3 is 5.11 Å². The third-order valence-electron chi connectivity index (χ3n) is 2.53. The Balaban J connectivity index is 2.51. The second kappa shape index (κ2) is 5.34. The first-order valence-electron chi connectivity index (χ1n) is 5.07. The van der Waals surface area contributed by atoms with Gasteiger partial charge in [0.15, 0.2) is 0 Å². The van der Waals surface area contributed by atoms with E-state index in [4.69, 9.17) is 11.6 Å². The molecule has 0 saturated carbocycles. The molecule has 0 fully saturated rings. The molecule has 1 N–H and O–H groups in total. The fourth-order valence-corrected chi connectivity index (χ4v) is 2.43. The van der Waals surface area contributed by atoms with E-state index in [2.05, 4.69) is 15.9 Å². The van der Waals surface area contributed by atoms with E-state index >= 15 is 0 Å². The third kappa shape index (κ3) is 2.55. The molecule has 0 radical (unpaired) electrons. The SMILES string of the molecule is OC(c1ccc(Br)cc1Cl)c1c(F)cccc1F. The first-order chi connectivity index (χ1) is 8.50. The lowest BCUT2D eigenvalue weighted by atomic mass is 10.0. The van der Waals surface area contributed by atoms with Crippen molar-refractivity contribution >= 4 is 27.5 Å². The van der Waals surface area contributed by atoms with Gasteiger partial charge in [0.05, 0.1) is 5.56 Å². The summed E-state index contributed by atoms with van der Waals surface area (Å²) >= 11 is 9.16. The molecule has 2 aromatic carbocycles. The maximum absolute atomic E-state index is 13.5. The molecule has 0 saturated heterocycles. The summed E-state index contributed by atoms with van der Waals surface area (Å²) in [6.45, 7) is 0. The maximum atomic E-state index is 13.5. The standard InChI is InChI=1S/C13H8BrClF2O/c14-7-4-5-8(9(15)6-7)13(18)12-10(16)2-1-3-11(12)17/h1-6,13,18H. The highest BCUT2D eigenvalue weighted by Crippen LogP contribution is 2.32. The molecular weight excluding hydrogens is 325 g/mol. The lowest BCUT2D eigenvalue weighted by Gasteiger charge is -2.14. The van der Waals surface area contributed by atoms with Crippen LogP contribution in [-0.4, -0.2) is 5.11 Å². The van der Waals surface area contributed by atoms with Gasteiger partial charge in [-0.05, 0) is 24.3 Å². The first-order valence-corrected chi connectivity index (χ1v) is 6.24. The molecule has 1 unspecified atom stereocenters. The lowest BCUT2D eigenvalue weighted by molar-refractivity contribution is 0.209. The quantitative estimate of drug-likeness (QED) is 0.860. The second-order valence-corrected chi connectivity index (χ2v) is 5.03. The molecule has 94 valence electrons. The largest absolute Gasteiger partial charge is 0.383 e. The Kier molecular flexibility index (Phi) is 4.00. The van der Waals surface area contributed by atoms with Gasteiger partial charge >= 0.3 is 0 Å². The van der Waals surface area contributed by atoms with Crippen molar-refractivity contribution < 1.29 is 13.9 Å². The number of hydrogen-bond donors (Lipinski definition) is 1. The summed E-state index contributed by atoms with van der Waals surface area (Å²) in [6.07, 6.45) is -1.44. The van der Waals surface area contributed by atoms with Crippen LogP contribution in [0.2, 0.25) is 5.02 Å². The van der Waals surface area contributed by atoms with Crippen molar-refractivity contribution in [1.29, 1.82) is 0 Å². The Bertz CT molecular complexity index is 569. The zero-order valence-corrected chi connectivity index (χ0v) is 11.3. The average molecular weight is 334 g/mol. The number of aliphatic hydroxyl groups is 1. The van der Waals surface area contributed by atoms with Gasteiger partial charge in [-0.2, -0.15) is 0 Å². The average Bonchev–Trinajstić information content (AvgIpc) is 2.28. The summed E-state index contributed by atoms with van der Waals surface area (Å²) in [7, 11) is 0. The normalized spacial score (nSPS) is 12.5. The summed E-state index contributed by atoms with van der Waals surface area (Å²) in [6, 6.07) is 8.14. The van der Waals surface area contributed by atoms with Crippen LogP contribution < -0.4 is 0 Å². The van der Waals surface area contributed by atoms with Crippen LogP contribution in [0.25, 0.3) is 0 Å². The molecule has 0 aliphatic rings. The number of hydrogen-bond acceptors (Lipinski definition) is 1. The molecule has 2 rings (SSSR count). The van der Waals surface area contributed by atoms with Crippen LogP contribution >= 0.6 is 27.5 Å². The van der Waals surface area contributed by atoms with E-state index < -0.39 is 23.3 Å². The van der Waals surface area contributed by atoms with Crippen LogP contribution in [0.15, 0.2) is 40.9 Å². The van der Waals surface area contributed by atoms with E-state index in [0.29, 0.717) is 0 Å². The molecule has 1 nitrogen and oxygen atoms in total. The fraction of sp³-hybridized carbons (Fsp3) is 0.0769. The monoisotopic (exact) mass is 332 g/mol.